The van der Waals surface area contributed by atoms with E-state index in [0.29, 0.717) is 45.7 Å². The van der Waals surface area contributed by atoms with Gasteiger partial charge in [-0.3, -0.25) is 9.59 Å². The molecule has 1 saturated carbocycles. The number of nitrogens with one attached hydrogen (secondary N) is 3. The number of aryl methyl sites for hydroxylation is 1. The molecule has 0 atom stereocenters. The summed E-state index contributed by atoms with van der Waals surface area (Å²) in [5, 5.41) is 6.59. The fourth-order valence-corrected chi connectivity index (χ4v) is 5.33. The lowest BCUT2D eigenvalue weighted by atomic mass is 9.94. The molecule has 0 radical (unpaired) electrons. The number of hydrogen-bond acceptors (Lipinski definition) is 3. The summed E-state index contributed by atoms with van der Waals surface area (Å²) >= 11 is 0. The van der Waals surface area contributed by atoms with E-state index in [2.05, 4.69) is 15.6 Å². The van der Waals surface area contributed by atoms with Crippen LogP contribution >= 0.6 is 0 Å². The minimum Gasteiger partial charge on any atom is -0.358 e. The highest BCUT2D eigenvalue weighted by Gasteiger charge is 2.31. The Morgan fingerprint density at radius 1 is 1.06 bits per heavy atom. The maximum Gasteiger partial charge on any atom is 0.256 e. The molecule has 0 spiro atoms. The molecule has 1 aliphatic carbocycles. The number of benzene rings is 2. The molecular formula is C29H29FN4O2. The van der Waals surface area contributed by atoms with Crippen molar-refractivity contribution in [3.63, 3.8) is 0 Å². The fourth-order valence-electron chi connectivity index (χ4n) is 5.33. The molecular weight excluding hydrogens is 455 g/mol. The van der Waals surface area contributed by atoms with Crippen molar-refractivity contribution in [3.8, 4) is 11.1 Å². The highest BCUT2D eigenvalue weighted by atomic mass is 19.1. The fraction of sp³-hybridized carbons (Fsp3) is 0.310. The third kappa shape index (κ3) is 4.35. The Hall–Kier alpha value is -3.71. The maximum absolute atomic E-state index is 14.0. The Balaban J connectivity index is 1.32. The van der Waals surface area contributed by atoms with Crippen LogP contribution in [0.3, 0.4) is 0 Å². The van der Waals surface area contributed by atoms with Gasteiger partial charge in [0, 0.05) is 42.1 Å². The average molecular weight is 485 g/mol. The number of aromatic nitrogens is 1. The Kier molecular flexibility index (Phi) is 5.72. The zero-order valence-corrected chi connectivity index (χ0v) is 20.2. The number of aromatic amines is 1. The molecule has 6 nitrogen and oxygen atoms in total. The number of nitrogens with zero attached hydrogens (tertiary/aromatic N) is 1. The van der Waals surface area contributed by atoms with E-state index >= 15 is 0 Å². The quantitative estimate of drug-likeness (QED) is 0.447. The first-order chi connectivity index (χ1) is 17.5. The molecule has 2 aromatic carbocycles. The van der Waals surface area contributed by atoms with Crippen LogP contribution < -0.4 is 10.6 Å². The zero-order chi connectivity index (χ0) is 24.8. The lowest BCUT2D eigenvalue weighted by Crippen LogP contribution is -2.45. The predicted molar refractivity (Wildman–Crippen MR) is 139 cm³/mol. The van der Waals surface area contributed by atoms with Crippen molar-refractivity contribution in [3.05, 3.63) is 76.9 Å². The van der Waals surface area contributed by atoms with Crippen LogP contribution in [0, 0.1) is 12.7 Å². The molecule has 0 unspecified atom stereocenters. The largest absolute Gasteiger partial charge is 0.358 e. The number of anilines is 1. The van der Waals surface area contributed by atoms with Crippen molar-refractivity contribution in [2.75, 3.05) is 18.4 Å². The van der Waals surface area contributed by atoms with Crippen molar-refractivity contribution in [1.29, 1.82) is 0 Å². The summed E-state index contributed by atoms with van der Waals surface area (Å²) in [5.41, 5.74) is 5.33. The third-order valence-electron chi connectivity index (χ3n) is 7.30. The minimum absolute atomic E-state index is 0.0203. The smallest absolute Gasteiger partial charge is 0.256 e. The summed E-state index contributed by atoms with van der Waals surface area (Å²) in [6.45, 7) is 3.35. The number of fused-ring (bicyclic) bond motifs is 1. The average Bonchev–Trinajstić information content (AvgIpc) is 3.53. The second kappa shape index (κ2) is 9.06. The van der Waals surface area contributed by atoms with Gasteiger partial charge in [-0.2, -0.15) is 0 Å². The molecule has 36 heavy (non-hydrogen) atoms. The van der Waals surface area contributed by atoms with Crippen LogP contribution in [0.5, 0.6) is 0 Å². The Bertz CT molecular complexity index is 1380. The van der Waals surface area contributed by atoms with E-state index in [1.165, 1.54) is 25.0 Å². The first-order valence-corrected chi connectivity index (χ1v) is 12.6. The van der Waals surface area contributed by atoms with Crippen molar-refractivity contribution in [1.82, 2.24) is 15.2 Å². The number of likely N-dealkylation sites (tertiary alicyclic amines) is 1. The number of H-pyrrole nitrogens is 1. The van der Waals surface area contributed by atoms with Gasteiger partial charge in [0.1, 0.15) is 5.82 Å². The standard InChI is InChI=1S/C29H29FN4O2/c1-17-14-23(29(36)34-12-10-21(11-13-34)32-20-8-9-20)26(31-17)16-24-27-22(18-4-2-5-19(30)15-18)6-3-7-25(27)33-28(24)35/h2-7,14-16,20-21,31-32H,8-13H2,1H3,(H,33,35). The van der Waals surface area contributed by atoms with Gasteiger partial charge < -0.3 is 20.5 Å². The van der Waals surface area contributed by atoms with Gasteiger partial charge in [-0.1, -0.05) is 24.3 Å². The van der Waals surface area contributed by atoms with Gasteiger partial charge in [0.15, 0.2) is 0 Å². The molecule has 6 rings (SSSR count). The van der Waals surface area contributed by atoms with Crippen LogP contribution in [0.4, 0.5) is 10.1 Å². The van der Waals surface area contributed by atoms with Crippen LogP contribution in [0.1, 0.15) is 53.0 Å². The van der Waals surface area contributed by atoms with E-state index in [-0.39, 0.29) is 17.6 Å². The summed E-state index contributed by atoms with van der Waals surface area (Å²) in [7, 11) is 0. The molecule has 7 heteroatoms. The molecule has 2 aliphatic heterocycles. The van der Waals surface area contributed by atoms with Crippen molar-refractivity contribution in [2.45, 2.75) is 44.7 Å². The van der Waals surface area contributed by atoms with Crippen LogP contribution in [0.2, 0.25) is 0 Å². The number of carbonyl (C=O) groups is 2. The van der Waals surface area contributed by atoms with Gasteiger partial charge in [0.2, 0.25) is 0 Å². The van der Waals surface area contributed by atoms with Gasteiger partial charge in [0.25, 0.3) is 11.8 Å². The molecule has 3 heterocycles. The van der Waals surface area contributed by atoms with E-state index in [0.717, 1.165) is 37.2 Å². The summed E-state index contributed by atoms with van der Waals surface area (Å²) in [6, 6.07) is 14.9. The molecule has 2 amide bonds. The number of piperidine rings is 1. The molecule has 1 aromatic heterocycles. The predicted octanol–water partition coefficient (Wildman–Crippen LogP) is 4.98. The molecule has 3 N–H and O–H groups in total. The SMILES string of the molecule is Cc1cc(C(=O)N2CCC(NC3CC3)CC2)c(C=C2C(=O)Nc3cccc(-c4cccc(F)c4)c32)[nH]1. The first-order valence-electron chi connectivity index (χ1n) is 12.6. The van der Waals surface area contributed by atoms with E-state index in [1.54, 1.807) is 12.1 Å². The number of amides is 2. The maximum atomic E-state index is 14.0. The topological polar surface area (TPSA) is 77.2 Å². The van der Waals surface area contributed by atoms with Crippen molar-refractivity contribution >= 4 is 29.2 Å². The van der Waals surface area contributed by atoms with Crippen LogP contribution in [-0.4, -0.2) is 46.9 Å². The van der Waals surface area contributed by atoms with Crippen LogP contribution in [0.25, 0.3) is 22.8 Å². The Morgan fingerprint density at radius 3 is 2.56 bits per heavy atom. The zero-order valence-electron chi connectivity index (χ0n) is 20.2. The third-order valence-corrected chi connectivity index (χ3v) is 7.30. The molecule has 2 fully saturated rings. The number of carbonyl (C=O) groups excluding carboxylic acids is 2. The van der Waals surface area contributed by atoms with Crippen molar-refractivity contribution in [2.24, 2.45) is 0 Å². The van der Waals surface area contributed by atoms with E-state index in [4.69, 9.17) is 0 Å². The van der Waals surface area contributed by atoms with Gasteiger partial charge in [0.05, 0.1) is 16.8 Å². The van der Waals surface area contributed by atoms with Crippen LogP contribution in [0.15, 0.2) is 48.5 Å². The lowest BCUT2D eigenvalue weighted by molar-refractivity contribution is -0.110. The highest BCUT2D eigenvalue weighted by molar-refractivity contribution is 6.36. The summed E-state index contributed by atoms with van der Waals surface area (Å²) in [6.07, 6.45) is 6.18. The highest BCUT2D eigenvalue weighted by Crippen LogP contribution is 2.40. The summed E-state index contributed by atoms with van der Waals surface area (Å²) < 4.78 is 14.0. The Labute approximate surface area is 209 Å². The summed E-state index contributed by atoms with van der Waals surface area (Å²) in [5.74, 6) is -0.600. The Morgan fingerprint density at radius 2 is 1.81 bits per heavy atom. The van der Waals surface area contributed by atoms with Crippen LogP contribution in [-0.2, 0) is 4.79 Å². The van der Waals surface area contributed by atoms with Gasteiger partial charge in [-0.05, 0) is 74.1 Å². The number of halogens is 1. The van der Waals surface area contributed by atoms with Gasteiger partial charge in [-0.25, -0.2) is 4.39 Å². The molecule has 1 saturated heterocycles. The van der Waals surface area contributed by atoms with Crippen molar-refractivity contribution < 1.29 is 14.0 Å². The molecule has 0 bridgehead atoms. The van der Waals surface area contributed by atoms with Gasteiger partial charge >= 0.3 is 0 Å². The number of hydrogen-bond donors (Lipinski definition) is 3. The van der Waals surface area contributed by atoms with E-state index < -0.39 is 0 Å². The lowest BCUT2D eigenvalue weighted by Gasteiger charge is -2.32. The minimum atomic E-state index is -0.336. The molecule has 184 valence electrons. The normalized spacial score (nSPS) is 19.0. The summed E-state index contributed by atoms with van der Waals surface area (Å²) in [4.78, 5) is 31.7. The van der Waals surface area contributed by atoms with Gasteiger partial charge in [-0.15, -0.1) is 0 Å². The monoisotopic (exact) mass is 484 g/mol. The number of rotatable bonds is 5. The molecule has 3 aliphatic rings. The van der Waals surface area contributed by atoms with E-state index in [9.17, 15) is 14.0 Å². The van der Waals surface area contributed by atoms with E-state index in [1.807, 2.05) is 42.2 Å². The second-order valence-electron chi connectivity index (χ2n) is 10.0. The molecule has 3 aromatic rings. The first kappa shape index (κ1) is 22.7. The second-order valence-corrected chi connectivity index (χ2v) is 10.0.